The van der Waals surface area contributed by atoms with Crippen LogP contribution in [0.3, 0.4) is 0 Å². The molecule has 3 aromatic rings. The van der Waals surface area contributed by atoms with Crippen LogP contribution in [0, 0.1) is 26.6 Å². The summed E-state index contributed by atoms with van der Waals surface area (Å²) < 4.78 is 15.4. The van der Waals surface area contributed by atoms with Gasteiger partial charge >= 0.3 is 0 Å². The number of hydrogen-bond acceptors (Lipinski definition) is 2. The molecule has 0 spiro atoms. The fourth-order valence-corrected chi connectivity index (χ4v) is 2.45. The smallest absolute Gasteiger partial charge is 0.234 e. The molecule has 2 heterocycles. The van der Waals surface area contributed by atoms with Crippen LogP contribution in [0.2, 0.25) is 0 Å². The lowest BCUT2D eigenvalue weighted by molar-refractivity contribution is 0.628. The quantitative estimate of drug-likeness (QED) is 0.666. The van der Waals surface area contributed by atoms with Crippen LogP contribution in [0.25, 0.3) is 17.0 Å². The van der Waals surface area contributed by atoms with Gasteiger partial charge in [0, 0.05) is 17.0 Å². The first kappa shape index (κ1) is 11.8. The minimum Gasteiger partial charge on any atom is -0.281 e. The Balaban J connectivity index is 2.38. The van der Waals surface area contributed by atoms with Gasteiger partial charge in [-0.25, -0.2) is 14.4 Å². The molecule has 19 heavy (non-hydrogen) atoms. The molecule has 2 aromatic heterocycles. The van der Waals surface area contributed by atoms with Crippen molar-refractivity contribution in [3.63, 3.8) is 0 Å². The van der Waals surface area contributed by atoms with Crippen molar-refractivity contribution in [1.82, 2.24) is 14.4 Å². The number of rotatable bonds is 1. The van der Waals surface area contributed by atoms with E-state index in [1.54, 1.807) is 6.07 Å². The van der Waals surface area contributed by atoms with Crippen molar-refractivity contribution >= 4 is 5.78 Å². The molecule has 4 heteroatoms. The maximum absolute atomic E-state index is 13.4. The van der Waals surface area contributed by atoms with E-state index in [2.05, 4.69) is 9.97 Å². The predicted molar refractivity (Wildman–Crippen MR) is 72.6 cm³/mol. The summed E-state index contributed by atoms with van der Waals surface area (Å²) >= 11 is 0. The molecule has 0 atom stereocenters. The summed E-state index contributed by atoms with van der Waals surface area (Å²) in [6.45, 7) is 5.87. The third kappa shape index (κ3) is 1.89. The summed E-state index contributed by atoms with van der Waals surface area (Å²) in [4.78, 5) is 8.89. The fraction of sp³-hybridized carbons (Fsp3) is 0.200. The number of imidazole rings is 1. The Labute approximate surface area is 110 Å². The van der Waals surface area contributed by atoms with Gasteiger partial charge in [0.25, 0.3) is 0 Å². The third-order valence-corrected chi connectivity index (χ3v) is 3.18. The van der Waals surface area contributed by atoms with Gasteiger partial charge in [-0.1, -0.05) is 12.1 Å². The van der Waals surface area contributed by atoms with Gasteiger partial charge in [0.1, 0.15) is 5.82 Å². The van der Waals surface area contributed by atoms with E-state index in [0.717, 1.165) is 28.3 Å². The van der Waals surface area contributed by atoms with Crippen molar-refractivity contribution in [1.29, 1.82) is 0 Å². The van der Waals surface area contributed by atoms with Crippen molar-refractivity contribution in [2.45, 2.75) is 20.8 Å². The Bertz CT molecular complexity index is 774. The maximum atomic E-state index is 13.4. The minimum atomic E-state index is -0.246. The van der Waals surface area contributed by atoms with E-state index in [9.17, 15) is 4.39 Å². The summed E-state index contributed by atoms with van der Waals surface area (Å²) in [5.74, 6) is 0.416. The number of aromatic nitrogens is 3. The second kappa shape index (κ2) is 4.16. The maximum Gasteiger partial charge on any atom is 0.234 e. The zero-order valence-corrected chi connectivity index (χ0v) is 11.1. The number of halogens is 1. The molecule has 0 aliphatic rings. The van der Waals surface area contributed by atoms with Gasteiger partial charge in [-0.2, -0.15) is 0 Å². The van der Waals surface area contributed by atoms with Gasteiger partial charge in [-0.3, -0.25) is 4.40 Å². The van der Waals surface area contributed by atoms with E-state index in [1.165, 1.54) is 12.1 Å². The normalized spacial score (nSPS) is 11.2. The van der Waals surface area contributed by atoms with Crippen molar-refractivity contribution < 1.29 is 4.39 Å². The van der Waals surface area contributed by atoms with Crippen LogP contribution in [-0.4, -0.2) is 14.4 Å². The van der Waals surface area contributed by atoms with Crippen LogP contribution < -0.4 is 0 Å². The van der Waals surface area contributed by atoms with Crippen LogP contribution in [0.1, 0.15) is 17.1 Å². The molecule has 1 aromatic carbocycles. The van der Waals surface area contributed by atoms with E-state index in [-0.39, 0.29) is 5.82 Å². The number of benzene rings is 1. The van der Waals surface area contributed by atoms with Crippen LogP contribution >= 0.6 is 0 Å². The van der Waals surface area contributed by atoms with E-state index >= 15 is 0 Å². The largest absolute Gasteiger partial charge is 0.281 e. The molecule has 0 saturated carbocycles. The van der Waals surface area contributed by atoms with Crippen LogP contribution in [0.4, 0.5) is 4.39 Å². The number of hydrogen-bond donors (Lipinski definition) is 0. The van der Waals surface area contributed by atoms with Crippen LogP contribution in [0.5, 0.6) is 0 Å². The average Bonchev–Trinajstić information content (AvgIpc) is 2.65. The highest BCUT2D eigenvalue weighted by Crippen LogP contribution is 2.26. The molecule has 0 N–H and O–H groups in total. The molecule has 96 valence electrons. The summed E-state index contributed by atoms with van der Waals surface area (Å²) in [5, 5.41) is 0. The van der Waals surface area contributed by atoms with Crippen molar-refractivity contribution in [3.8, 4) is 11.3 Å². The molecule has 0 bridgehead atoms. The van der Waals surface area contributed by atoms with Gasteiger partial charge in [-0.15, -0.1) is 0 Å². The summed E-state index contributed by atoms with van der Waals surface area (Å²) in [7, 11) is 0. The van der Waals surface area contributed by atoms with Gasteiger partial charge in [0.05, 0.1) is 11.4 Å². The second-order valence-electron chi connectivity index (χ2n) is 4.73. The third-order valence-electron chi connectivity index (χ3n) is 3.18. The Morgan fingerprint density at radius 1 is 1.05 bits per heavy atom. The molecule has 0 fully saturated rings. The topological polar surface area (TPSA) is 30.2 Å². The van der Waals surface area contributed by atoms with E-state index in [4.69, 9.17) is 0 Å². The van der Waals surface area contributed by atoms with Crippen LogP contribution in [-0.2, 0) is 0 Å². The average molecular weight is 255 g/mol. The lowest BCUT2D eigenvalue weighted by atomic mass is 10.1. The first-order valence-electron chi connectivity index (χ1n) is 6.15. The Hall–Kier alpha value is -2.23. The summed E-state index contributed by atoms with van der Waals surface area (Å²) in [5.41, 5.74) is 4.55. The predicted octanol–water partition coefficient (Wildman–Crippen LogP) is 3.46. The van der Waals surface area contributed by atoms with E-state index in [1.807, 2.05) is 37.3 Å². The first-order valence-corrected chi connectivity index (χ1v) is 6.15. The summed E-state index contributed by atoms with van der Waals surface area (Å²) in [6.07, 6.45) is 0. The lowest BCUT2D eigenvalue weighted by Gasteiger charge is -2.07. The Morgan fingerprint density at radius 3 is 2.58 bits per heavy atom. The lowest BCUT2D eigenvalue weighted by Crippen LogP contribution is -1.98. The van der Waals surface area contributed by atoms with Gasteiger partial charge in [0.15, 0.2) is 0 Å². The molecular formula is C15H14FN3. The minimum absolute atomic E-state index is 0.246. The fourth-order valence-electron chi connectivity index (χ4n) is 2.45. The number of fused-ring (bicyclic) bond motifs is 1. The van der Waals surface area contributed by atoms with Gasteiger partial charge in [-0.05, 0) is 39.0 Å². The highest BCUT2D eigenvalue weighted by atomic mass is 19.1. The SMILES string of the molecule is Cc1cc(C)n2c(-c3cccc(F)c3)c(C)nc2n1. The first-order chi connectivity index (χ1) is 9.06. The van der Waals surface area contributed by atoms with Gasteiger partial charge < -0.3 is 0 Å². The molecule has 0 unspecified atom stereocenters. The molecule has 0 amide bonds. The van der Waals surface area contributed by atoms with Crippen molar-refractivity contribution in [2.75, 3.05) is 0 Å². The van der Waals surface area contributed by atoms with Gasteiger partial charge in [0.2, 0.25) is 5.78 Å². The molecule has 0 saturated heterocycles. The zero-order chi connectivity index (χ0) is 13.6. The Morgan fingerprint density at radius 2 is 1.84 bits per heavy atom. The summed E-state index contributed by atoms with van der Waals surface area (Å²) in [6, 6.07) is 8.56. The molecule has 0 radical (unpaired) electrons. The number of aryl methyl sites for hydroxylation is 3. The van der Waals surface area contributed by atoms with E-state index < -0.39 is 0 Å². The molecule has 3 rings (SSSR count). The molecular weight excluding hydrogens is 241 g/mol. The zero-order valence-electron chi connectivity index (χ0n) is 11.1. The molecule has 0 aliphatic carbocycles. The highest BCUT2D eigenvalue weighted by Gasteiger charge is 2.14. The van der Waals surface area contributed by atoms with Crippen LogP contribution in [0.15, 0.2) is 30.3 Å². The Kier molecular flexibility index (Phi) is 2.59. The second-order valence-corrected chi connectivity index (χ2v) is 4.73. The standard InChI is InChI=1S/C15H14FN3/c1-9-7-10(2)19-14(11(3)18-15(19)17-9)12-5-4-6-13(16)8-12/h4-8H,1-3H3. The van der Waals surface area contributed by atoms with Crippen molar-refractivity contribution in [3.05, 3.63) is 53.2 Å². The monoisotopic (exact) mass is 255 g/mol. The number of nitrogens with zero attached hydrogens (tertiary/aromatic N) is 3. The van der Waals surface area contributed by atoms with E-state index in [0.29, 0.717) is 5.78 Å². The molecule has 0 aliphatic heterocycles. The van der Waals surface area contributed by atoms with Crippen molar-refractivity contribution in [2.24, 2.45) is 0 Å². The highest BCUT2D eigenvalue weighted by molar-refractivity contribution is 5.66. The molecule has 3 nitrogen and oxygen atoms in total.